The van der Waals surface area contributed by atoms with E-state index in [4.69, 9.17) is 0 Å². The van der Waals surface area contributed by atoms with Crippen molar-refractivity contribution in [2.24, 2.45) is 7.05 Å². The maximum absolute atomic E-state index is 12.9. The number of nitrogens with zero attached hydrogens (tertiary/aromatic N) is 4. The number of rotatable bonds is 5. The molecule has 0 aliphatic heterocycles. The summed E-state index contributed by atoms with van der Waals surface area (Å²) in [5, 5.41) is 4.91. The van der Waals surface area contributed by atoms with Crippen molar-refractivity contribution in [3.05, 3.63) is 70.7 Å². The Morgan fingerprint density at radius 2 is 2.00 bits per heavy atom. The number of hydrogen-bond acceptors (Lipinski definition) is 4. The molecule has 0 atom stereocenters. The Labute approximate surface area is 159 Å². The summed E-state index contributed by atoms with van der Waals surface area (Å²) in [5.41, 5.74) is 2.16. The fourth-order valence-corrected chi connectivity index (χ4v) is 4.63. The van der Waals surface area contributed by atoms with E-state index >= 15 is 0 Å². The molecule has 0 amide bonds. The Kier molecular flexibility index (Phi) is 4.65. The number of pyridine rings is 1. The molecule has 0 bridgehead atoms. The Balaban J connectivity index is 2.21. The number of allylic oxidation sites excluding steroid dienone is 3. The molecule has 0 aromatic carbocycles. The van der Waals surface area contributed by atoms with Gasteiger partial charge < -0.3 is 0 Å². The van der Waals surface area contributed by atoms with Crippen molar-refractivity contribution in [3.63, 3.8) is 0 Å². The SMILES string of the molecule is C=C/C=C(\C=C)S(=O)(=O)n1cc(I)c2cc(-c3cnn(C)c3)cnc21. The first-order valence-electron chi connectivity index (χ1n) is 7.25. The number of halogens is 1. The summed E-state index contributed by atoms with van der Waals surface area (Å²) in [6, 6.07) is 1.91. The van der Waals surface area contributed by atoms with Gasteiger partial charge in [-0.2, -0.15) is 5.10 Å². The van der Waals surface area contributed by atoms with Crippen LogP contribution in [0.15, 0.2) is 67.1 Å². The van der Waals surface area contributed by atoms with E-state index in [1.807, 2.05) is 19.3 Å². The van der Waals surface area contributed by atoms with Crippen LogP contribution < -0.4 is 0 Å². The van der Waals surface area contributed by atoms with E-state index in [2.05, 4.69) is 45.8 Å². The van der Waals surface area contributed by atoms with Crippen LogP contribution >= 0.6 is 22.6 Å². The summed E-state index contributed by atoms with van der Waals surface area (Å²) < 4.78 is 29.4. The van der Waals surface area contributed by atoms with Crippen molar-refractivity contribution in [1.82, 2.24) is 18.7 Å². The molecule has 0 saturated heterocycles. The molecule has 0 aliphatic carbocycles. The lowest BCUT2D eigenvalue weighted by atomic mass is 10.1. The minimum absolute atomic E-state index is 0.0638. The van der Waals surface area contributed by atoms with E-state index in [9.17, 15) is 8.42 Å². The molecular weight excluding hydrogens is 451 g/mol. The normalized spacial score (nSPS) is 12.5. The lowest BCUT2D eigenvalue weighted by Crippen LogP contribution is -2.13. The fraction of sp³-hybridized carbons (Fsp3) is 0.0588. The molecule has 0 aliphatic rings. The van der Waals surface area contributed by atoms with Gasteiger partial charge in [-0.25, -0.2) is 17.4 Å². The van der Waals surface area contributed by atoms with Crippen molar-refractivity contribution >= 4 is 43.6 Å². The highest BCUT2D eigenvalue weighted by molar-refractivity contribution is 14.1. The van der Waals surface area contributed by atoms with E-state index in [-0.39, 0.29) is 4.91 Å². The second kappa shape index (κ2) is 6.60. The van der Waals surface area contributed by atoms with Gasteiger partial charge in [-0.15, -0.1) is 0 Å². The molecule has 0 unspecified atom stereocenters. The molecule has 3 aromatic heterocycles. The number of fused-ring (bicyclic) bond motifs is 1. The average Bonchev–Trinajstić information content (AvgIpc) is 3.16. The van der Waals surface area contributed by atoms with E-state index < -0.39 is 10.0 Å². The van der Waals surface area contributed by atoms with E-state index in [1.54, 1.807) is 23.3 Å². The molecule has 3 aromatic rings. The second-order valence-corrected chi connectivity index (χ2v) is 8.26. The standard InChI is InChI=1S/C17H15IN4O2S/c1-4-6-14(5-2)25(23,24)22-11-16(18)15-7-12(8-19-17(15)22)13-9-20-21(3)10-13/h4-11H,1-2H2,3H3/b14-6+. The maximum atomic E-state index is 12.9. The lowest BCUT2D eigenvalue weighted by molar-refractivity contribution is 0.596. The maximum Gasteiger partial charge on any atom is 0.269 e. The van der Waals surface area contributed by atoms with Gasteiger partial charge in [0.05, 0.1) is 11.1 Å². The predicted molar refractivity (Wildman–Crippen MR) is 107 cm³/mol. The highest BCUT2D eigenvalue weighted by Crippen LogP contribution is 2.29. The third kappa shape index (κ3) is 3.07. The molecule has 128 valence electrons. The van der Waals surface area contributed by atoms with Crippen molar-refractivity contribution in [3.8, 4) is 11.1 Å². The predicted octanol–water partition coefficient (Wildman–Crippen LogP) is 3.48. The highest BCUT2D eigenvalue weighted by Gasteiger charge is 2.22. The lowest BCUT2D eigenvalue weighted by Gasteiger charge is -2.07. The molecule has 0 radical (unpaired) electrons. The zero-order valence-electron chi connectivity index (χ0n) is 13.4. The van der Waals surface area contributed by atoms with Gasteiger partial charge in [0.25, 0.3) is 10.0 Å². The third-order valence-electron chi connectivity index (χ3n) is 3.64. The van der Waals surface area contributed by atoms with Gasteiger partial charge in [-0.05, 0) is 40.8 Å². The van der Waals surface area contributed by atoms with Crippen molar-refractivity contribution in [2.45, 2.75) is 0 Å². The van der Waals surface area contributed by atoms with Crippen molar-refractivity contribution in [1.29, 1.82) is 0 Å². The van der Waals surface area contributed by atoms with E-state index in [1.165, 1.54) is 22.2 Å². The van der Waals surface area contributed by atoms with Gasteiger partial charge in [-0.3, -0.25) is 4.68 Å². The van der Waals surface area contributed by atoms with E-state index in [0.717, 1.165) is 20.1 Å². The topological polar surface area (TPSA) is 69.8 Å². The van der Waals surface area contributed by atoms with Gasteiger partial charge in [0.15, 0.2) is 5.65 Å². The average molecular weight is 466 g/mol. The first kappa shape index (κ1) is 17.6. The van der Waals surface area contributed by atoms with Crippen LogP contribution in [0.4, 0.5) is 0 Å². The molecule has 0 fully saturated rings. The molecule has 3 heterocycles. The van der Waals surface area contributed by atoms with Crippen LogP contribution in [-0.4, -0.2) is 27.2 Å². The Bertz CT molecular complexity index is 1120. The second-order valence-electron chi connectivity index (χ2n) is 5.28. The quantitative estimate of drug-likeness (QED) is 0.427. The van der Waals surface area contributed by atoms with Gasteiger partial charge >= 0.3 is 0 Å². The molecule has 0 N–H and O–H groups in total. The van der Waals surface area contributed by atoms with Crippen LogP contribution in [0.3, 0.4) is 0 Å². The van der Waals surface area contributed by atoms with Crippen LogP contribution in [0.1, 0.15) is 0 Å². The zero-order chi connectivity index (χ0) is 18.2. The Morgan fingerprint density at radius 1 is 1.24 bits per heavy atom. The number of hydrogen-bond donors (Lipinski definition) is 0. The molecule has 8 heteroatoms. The van der Waals surface area contributed by atoms with Gasteiger partial charge in [0.1, 0.15) is 0 Å². The Hall–Kier alpha value is -2.20. The summed E-state index contributed by atoms with van der Waals surface area (Å²) in [4.78, 5) is 4.45. The molecular formula is C17H15IN4O2S. The largest absolute Gasteiger partial charge is 0.275 e. The van der Waals surface area contributed by atoms with Crippen molar-refractivity contribution < 1.29 is 8.42 Å². The third-order valence-corrected chi connectivity index (χ3v) is 6.20. The molecule has 0 saturated carbocycles. The van der Waals surface area contributed by atoms with Crippen LogP contribution in [0.25, 0.3) is 22.2 Å². The van der Waals surface area contributed by atoms with E-state index in [0.29, 0.717) is 5.65 Å². The monoisotopic (exact) mass is 466 g/mol. The first-order valence-corrected chi connectivity index (χ1v) is 9.76. The molecule has 25 heavy (non-hydrogen) atoms. The summed E-state index contributed by atoms with van der Waals surface area (Å²) in [5.74, 6) is 0. The van der Waals surface area contributed by atoms with Crippen LogP contribution in [0, 0.1) is 3.57 Å². The van der Waals surface area contributed by atoms with Gasteiger partial charge in [-0.1, -0.05) is 19.2 Å². The molecule has 6 nitrogen and oxygen atoms in total. The van der Waals surface area contributed by atoms with Crippen LogP contribution in [0.5, 0.6) is 0 Å². The minimum atomic E-state index is -3.79. The van der Waals surface area contributed by atoms with Crippen LogP contribution in [-0.2, 0) is 17.1 Å². The van der Waals surface area contributed by atoms with Gasteiger partial charge in [0, 0.05) is 45.7 Å². The zero-order valence-corrected chi connectivity index (χ0v) is 16.4. The molecule has 3 rings (SSSR count). The fourth-order valence-electron chi connectivity index (χ4n) is 2.44. The number of aryl methyl sites for hydroxylation is 1. The molecule has 0 spiro atoms. The van der Waals surface area contributed by atoms with Crippen molar-refractivity contribution in [2.75, 3.05) is 0 Å². The minimum Gasteiger partial charge on any atom is -0.275 e. The smallest absolute Gasteiger partial charge is 0.269 e. The highest BCUT2D eigenvalue weighted by atomic mass is 127. The summed E-state index contributed by atoms with van der Waals surface area (Å²) in [6.07, 6.45) is 10.9. The summed E-state index contributed by atoms with van der Waals surface area (Å²) >= 11 is 2.11. The van der Waals surface area contributed by atoms with Gasteiger partial charge in [0.2, 0.25) is 0 Å². The Morgan fingerprint density at radius 3 is 2.60 bits per heavy atom. The first-order chi connectivity index (χ1) is 11.9. The summed E-state index contributed by atoms with van der Waals surface area (Å²) in [6.45, 7) is 7.12. The van der Waals surface area contributed by atoms with Crippen LogP contribution in [0.2, 0.25) is 0 Å². The summed E-state index contributed by atoms with van der Waals surface area (Å²) in [7, 11) is -1.95. The number of aromatic nitrogens is 4.